The molecule has 0 aliphatic carbocycles. The molecule has 1 atom stereocenters. The predicted octanol–water partition coefficient (Wildman–Crippen LogP) is 2.60. The van der Waals surface area contributed by atoms with Gasteiger partial charge in [0.05, 0.1) is 19.3 Å². The SMILES string of the molecule is CCOC(=O)C1(c2cccc(Cl)c2)CC(=O)C=CO1. The van der Waals surface area contributed by atoms with Gasteiger partial charge in [-0.2, -0.15) is 0 Å². The van der Waals surface area contributed by atoms with Gasteiger partial charge in [-0.3, -0.25) is 4.79 Å². The largest absolute Gasteiger partial charge is 0.478 e. The van der Waals surface area contributed by atoms with Gasteiger partial charge in [-0.1, -0.05) is 23.7 Å². The van der Waals surface area contributed by atoms with Crippen molar-refractivity contribution in [3.8, 4) is 0 Å². The molecule has 100 valence electrons. The summed E-state index contributed by atoms with van der Waals surface area (Å²) in [6.07, 6.45) is 2.42. The van der Waals surface area contributed by atoms with Crippen LogP contribution in [0.1, 0.15) is 18.9 Å². The Labute approximate surface area is 116 Å². The van der Waals surface area contributed by atoms with Crippen LogP contribution in [0.2, 0.25) is 5.02 Å². The van der Waals surface area contributed by atoms with Gasteiger partial charge < -0.3 is 9.47 Å². The van der Waals surface area contributed by atoms with Gasteiger partial charge in [0.1, 0.15) is 0 Å². The lowest BCUT2D eigenvalue weighted by molar-refractivity contribution is -0.170. The van der Waals surface area contributed by atoms with E-state index in [1.54, 1.807) is 31.2 Å². The minimum atomic E-state index is -1.44. The fourth-order valence-corrected chi connectivity index (χ4v) is 2.16. The minimum Gasteiger partial charge on any atom is -0.478 e. The molecule has 4 nitrogen and oxygen atoms in total. The van der Waals surface area contributed by atoms with E-state index in [-0.39, 0.29) is 18.8 Å². The first-order valence-corrected chi connectivity index (χ1v) is 6.27. The number of carbonyl (C=O) groups is 2. The van der Waals surface area contributed by atoms with E-state index < -0.39 is 11.6 Å². The van der Waals surface area contributed by atoms with Crippen molar-refractivity contribution < 1.29 is 19.1 Å². The van der Waals surface area contributed by atoms with E-state index in [4.69, 9.17) is 21.1 Å². The van der Waals surface area contributed by atoms with E-state index in [2.05, 4.69) is 0 Å². The zero-order chi connectivity index (χ0) is 13.9. The predicted molar refractivity (Wildman–Crippen MR) is 69.6 cm³/mol. The standard InChI is InChI=1S/C14H13ClO4/c1-2-18-13(17)14(9-12(16)6-7-19-14)10-4-3-5-11(15)8-10/h3-8H,2,9H2,1H3. The molecule has 1 unspecified atom stereocenters. The Morgan fingerprint density at radius 1 is 1.53 bits per heavy atom. The van der Waals surface area contributed by atoms with Crippen LogP contribution in [0.5, 0.6) is 0 Å². The highest BCUT2D eigenvalue weighted by molar-refractivity contribution is 6.30. The van der Waals surface area contributed by atoms with Gasteiger partial charge in [0.15, 0.2) is 5.78 Å². The number of hydrogen-bond acceptors (Lipinski definition) is 4. The Balaban J connectivity index is 2.48. The molecular formula is C14H13ClO4. The summed E-state index contributed by atoms with van der Waals surface area (Å²) in [5.41, 5.74) is -0.927. The maximum atomic E-state index is 12.2. The second kappa shape index (κ2) is 5.45. The number of rotatable bonds is 3. The molecule has 0 bridgehead atoms. The highest BCUT2D eigenvalue weighted by atomic mass is 35.5. The van der Waals surface area contributed by atoms with E-state index in [1.807, 2.05) is 0 Å². The molecule has 5 heteroatoms. The summed E-state index contributed by atoms with van der Waals surface area (Å²) in [4.78, 5) is 23.8. The number of esters is 1. The fourth-order valence-electron chi connectivity index (χ4n) is 1.97. The van der Waals surface area contributed by atoms with E-state index in [0.29, 0.717) is 10.6 Å². The molecule has 0 spiro atoms. The number of carbonyl (C=O) groups excluding carboxylic acids is 2. The van der Waals surface area contributed by atoms with Crippen molar-refractivity contribution in [2.45, 2.75) is 18.9 Å². The molecular weight excluding hydrogens is 268 g/mol. The fraction of sp³-hybridized carbons (Fsp3) is 0.286. The van der Waals surface area contributed by atoms with Gasteiger partial charge in [0.25, 0.3) is 0 Å². The van der Waals surface area contributed by atoms with E-state index in [0.717, 1.165) is 0 Å². The van der Waals surface area contributed by atoms with Crippen LogP contribution in [0.3, 0.4) is 0 Å². The van der Waals surface area contributed by atoms with Crippen LogP contribution in [0.15, 0.2) is 36.6 Å². The average Bonchev–Trinajstić information content (AvgIpc) is 2.39. The third kappa shape index (κ3) is 2.63. The first-order valence-electron chi connectivity index (χ1n) is 5.89. The zero-order valence-corrected chi connectivity index (χ0v) is 11.1. The summed E-state index contributed by atoms with van der Waals surface area (Å²) in [6.45, 7) is 1.91. The van der Waals surface area contributed by atoms with Crippen molar-refractivity contribution in [3.63, 3.8) is 0 Å². The monoisotopic (exact) mass is 280 g/mol. The zero-order valence-electron chi connectivity index (χ0n) is 10.4. The number of halogens is 1. The van der Waals surface area contributed by atoms with Crippen LogP contribution in [0.4, 0.5) is 0 Å². The molecule has 0 saturated carbocycles. The molecule has 2 rings (SSSR count). The highest BCUT2D eigenvalue weighted by Crippen LogP contribution is 2.35. The van der Waals surface area contributed by atoms with Gasteiger partial charge in [0.2, 0.25) is 5.60 Å². The lowest BCUT2D eigenvalue weighted by atomic mass is 9.87. The molecule has 0 radical (unpaired) electrons. The van der Waals surface area contributed by atoms with Gasteiger partial charge in [-0.25, -0.2) is 4.79 Å². The molecule has 1 aliphatic rings. The van der Waals surface area contributed by atoms with Crippen molar-refractivity contribution in [1.82, 2.24) is 0 Å². The molecule has 0 fully saturated rings. The maximum Gasteiger partial charge on any atom is 0.355 e. The summed E-state index contributed by atoms with van der Waals surface area (Å²) >= 11 is 5.93. The first kappa shape index (κ1) is 13.6. The van der Waals surface area contributed by atoms with Gasteiger partial charge in [-0.15, -0.1) is 0 Å². The van der Waals surface area contributed by atoms with Gasteiger partial charge in [0, 0.05) is 16.7 Å². The number of ketones is 1. The van der Waals surface area contributed by atoms with Crippen LogP contribution < -0.4 is 0 Å². The first-order chi connectivity index (χ1) is 9.08. The van der Waals surface area contributed by atoms with Crippen molar-refractivity contribution in [2.75, 3.05) is 6.61 Å². The molecule has 1 aliphatic heterocycles. The second-order valence-corrected chi connectivity index (χ2v) is 4.56. The highest BCUT2D eigenvalue weighted by Gasteiger charge is 2.46. The summed E-state index contributed by atoms with van der Waals surface area (Å²) in [5.74, 6) is -0.783. The smallest absolute Gasteiger partial charge is 0.355 e. The second-order valence-electron chi connectivity index (χ2n) is 4.12. The Bertz CT molecular complexity index is 538. The van der Waals surface area contributed by atoms with Crippen LogP contribution in [-0.4, -0.2) is 18.4 Å². The Morgan fingerprint density at radius 3 is 2.95 bits per heavy atom. The molecule has 19 heavy (non-hydrogen) atoms. The van der Waals surface area contributed by atoms with E-state index >= 15 is 0 Å². The average molecular weight is 281 g/mol. The normalized spacial score (nSPS) is 21.9. The molecule has 0 amide bonds. The third-order valence-electron chi connectivity index (χ3n) is 2.84. The summed E-state index contributed by atoms with van der Waals surface area (Å²) in [7, 11) is 0. The Hall–Kier alpha value is -1.81. The third-order valence-corrected chi connectivity index (χ3v) is 3.08. The van der Waals surface area contributed by atoms with E-state index in [1.165, 1.54) is 12.3 Å². The van der Waals surface area contributed by atoms with Crippen molar-refractivity contribution in [1.29, 1.82) is 0 Å². The topological polar surface area (TPSA) is 52.6 Å². The molecule has 0 N–H and O–H groups in total. The Morgan fingerprint density at radius 2 is 2.32 bits per heavy atom. The molecule has 1 aromatic rings. The Kier molecular flexibility index (Phi) is 3.90. The summed E-state index contributed by atoms with van der Waals surface area (Å²) in [6, 6.07) is 6.68. The summed E-state index contributed by atoms with van der Waals surface area (Å²) in [5, 5.41) is 0.465. The van der Waals surface area contributed by atoms with Crippen molar-refractivity contribution in [2.24, 2.45) is 0 Å². The molecule has 1 heterocycles. The van der Waals surface area contributed by atoms with Gasteiger partial charge in [-0.05, 0) is 19.1 Å². The lowest BCUT2D eigenvalue weighted by Crippen LogP contribution is -2.42. The number of allylic oxidation sites excluding steroid dienone is 1. The maximum absolute atomic E-state index is 12.2. The number of benzene rings is 1. The van der Waals surface area contributed by atoms with Gasteiger partial charge >= 0.3 is 5.97 Å². The molecule has 0 saturated heterocycles. The van der Waals surface area contributed by atoms with Crippen LogP contribution in [0.25, 0.3) is 0 Å². The van der Waals surface area contributed by atoms with Crippen molar-refractivity contribution in [3.05, 3.63) is 47.2 Å². The number of hydrogen-bond donors (Lipinski definition) is 0. The van der Waals surface area contributed by atoms with Crippen LogP contribution in [-0.2, 0) is 24.7 Å². The summed E-state index contributed by atoms with van der Waals surface area (Å²) < 4.78 is 10.5. The molecule has 1 aromatic carbocycles. The lowest BCUT2D eigenvalue weighted by Gasteiger charge is -2.32. The number of ether oxygens (including phenoxy) is 2. The van der Waals surface area contributed by atoms with Crippen molar-refractivity contribution >= 4 is 23.4 Å². The van der Waals surface area contributed by atoms with E-state index in [9.17, 15) is 9.59 Å². The minimum absolute atomic E-state index is 0.0946. The van der Waals surface area contributed by atoms with Crippen LogP contribution >= 0.6 is 11.6 Å². The quantitative estimate of drug-likeness (QED) is 0.799. The molecule has 0 aromatic heterocycles. The van der Waals surface area contributed by atoms with Crippen LogP contribution in [0, 0.1) is 0 Å².